The van der Waals surface area contributed by atoms with Gasteiger partial charge in [0.2, 0.25) is 5.91 Å². The van der Waals surface area contributed by atoms with Crippen molar-refractivity contribution in [1.82, 2.24) is 14.5 Å². The molecule has 0 aliphatic rings. The molecule has 0 atom stereocenters. The summed E-state index contributed by atoms with van der Waals surface area (Å²) < 4.78 is 16.2. The van der Waals surface area contributed by atoms with E-state index in [0.29, 0.717) is 15.9 Å². The van der Waals surface area contributed by atoms with Crippen molar-refractivity contribution in [2.45, 2.75) is 17.8 Å². The molecule has 0 fully saturated rings. The average molecular weight is 459 g/mol. The number of halogens is 2. The molecule has 0 bridgehead atoms. The van der Waals surface area contributed by atoms with Crippen LogP contribution in [0.3, 0.4) is 0 Å². The van der Waals surface area contributed by atoms with Gasteiger partial charge < -0.3 is 0 Å². The Bertz CT molecular complexity index is 1180. The van der Waals surface area contributed by atoms with E-state index in [-0.39, 0.29) is 11.6 Å². The lowest BCUT2D eigenvalue weighted by Gasteiger charge is -2.18. The molecule has 0 N–H and O–H groups in total. The first kappa shape index (κ1) is 20.6. The number of hydrogen-bond acceptors (Lipinski definition) is 5. The number of hydrogen-bond donors (Lipinski definition) is 0. The average Bonchev–Trinajstić information content (AvgIpc) is 3.38. The number of rotatable bonds is 6. The summed E-state index contributed by atoms with van der Waals surface area (Å²) in [6, 6.07) is 13.7. The van der Waals surface area contributed by atoms with Crippen LogP contribution in [0.4, 0.5) is 15.2 Å². The fourth-order valence-electron chi connectivity index (χ4n) is 2.84. The van der Waals surface area contributed by atoms with Gasteiger partial charge in [-0.2, -0.15) is 0 Å². The summed E-state index contributed by atoms with van der Waals surface area (Å²) in [4.78, 5) is 22.4. The maximum absolute atomic E-state index is 14.2. The number of aromatic nitrogens is 3. The van der Waals surface area contributed by atoms with Gasteiger partial charge in [-0.3, -0.25) is 14.3 Å². The number of amides is 1. The molecule has 4 rings (SSSR count). The molecule has 0 spiro atoms. The smallest absolute Gasteiger partial charge is 0.230 e. The Balaban J connectivity index is 1.52. The second kappa shape index (κ2) is 8.99. The summed E-state index contributed by atoms with van der Waals surface area (Å²) in [7, 11) is 0. The summed E-state index contributed by atoms with van der Waals surface area (Å²) in [5, 5.41) is 3.79. The molecule has 9 heteroatoms. The molecule has 0 aliphatic carbocycles. The van der Waals surface area contributed by atoms with E-state index in [1.54, 1.807) is 24.4 Å². The van der Waals surface area contributed by atoms with Gasteiger partial charge in [0.15, 0.2) is 10.3 Å². The van der Waals surface area contributed by atoms with Gasteiger partial charge in [-0.05, 0) is 36.4 Å². The summed E-state index contributed by atoms with van der Waals surface area (Å²) >= 11 is 8.79. The van der Waals surface area contributed by atoms with Gasteiger partial charge in [0.25, 0.3) is 0 Å². The number of benzene rings is 2. The molecule has 2 aromatic carbocycles. The first-order valence-corrected chi connectivity index (χ1v) is 11.2. The number of nitrogens with zero attached hydrogens (tertiary/aromatic N) is 4. The second-order valence-corrected chi connectivity index (χ2v) is 8.49. The van der Waals surface area contributed by atoms with Gasteiger partial charge >= 0.3 is 0 Å². The molecule has 0 unspecified atom stereocenters. The first-order chi connectivity index (χ1) is 14.5. The molecule has 0 aliphatic heterocycles. The Hall–Kier alpha value is -2.68. The molecule has 152 valence electrons. The monoisotopic (exact) mass is 458 g/mol. The van der Waals surface area contributed by atoms with Crippen LogP contribution in [-0.4, -0.2) is 20.4 Å². The van der Waals surface area contributed by atoms with E-state index in [4.69, 9.17) is 11.6 Å². The van der Waals surface area contributed by atoms with Crippen molar-refractivity contribution in [2.75, 3.05) is 4.90 Å². The van der Waals surface area contributed by atoms with Gasteiger partial charge in [0, 0.05) is 41.2 Å². The van der Waals surface area contributed by atoms with Crippen molar-refractivity contribution in [3.8, 4) is 5.69 Å². The molecule has 30 heavy (non-hydrogen) atoms. The first-order valence-electron chi connectivity index (χ1n) is 8.94. The summed E-state index contributed by atoms with van der Waals surface area (Å²) in [5.41, 5.74) is 1.94. The molecule has 1 amide bonds. The highest BCUT2D eigenvalue weighted by Gasteiger charge is 2.21. The van der Waals surface area contributed by atoms with E-state index >= 15 is 0 Å². The van der Waals surface area contributed by atoms with Crippen LogP contribution in [-0.2, 0) is 10.5 Å². The van der Waals surface area contributed by atoms with Crippen LogP contribution in [0.1, 0.15) is 12.6 Å². The Kier molecular flexibility index (Phi) is 6.17. The van der Waals surface area contributed by atoms with Gasteiger partial charge in [-0.1, -0.05) is 35.5 Å². The predicted octanol–water partition coefficient (Wildman–Crippen LogP) is 6.10. The van der Waals surface area contributed by atoms with Gasteiger partial charge in [0.05, 0.1) is 11.4 Å². The van der Waals surface area contributed by atoms with E-state index in [9.17, 15) is 9.18 Å². The topological polar surface area (TPSA) is 51.0 Å². The van der Waals surface area contributed by atoms with Crippen LogP contribution in [0, 0.1) is 5.82 Å². The number of carbonyl (C=O) groups excluding carboxylic acids is 1. The summed E-state index contributed by atoms with van der Waals surface area (Å²) in [6.07, 6.45) is 3.62. The molecule has 4 aromatic rings. The highest BCUT2D eigenvalue weighted by Crippen LogP contribution is 2.32. The van der Waals surface area contributed by atoms with Crippen molar-refractivity contribution in [3.05, 3.63) is 82.8 Å². The predicted molar refractivity (Wildman–Crippen MR) is 119 cm³/mol. The minimum atomic E-state index is -0.469. The highest BCUT2D eigenvalue weighted by molar-refractivity contribution is 7.98. The van der Waals surface area contributed by atoms with Gasteiger partial charge in [-0.25, -0.2) is 14.4 Å². The van der Waals surface area contributed by atoms with E-state index in [2.05, 4.69) is 9.97 Å². The second-order valence-electron chi connectivity index (χ2n) is 6.27. The zero-order chi connectivity index (χ0) is 21.1. The zero-order valence-corrected chi connectivity index (χ0v) is 18.2. The maximum atomic E-state index is 14.2. The lowest BCUT2D eigenvalue weighted by molar-refractivity contribution is -0.115. The van der Waals surface area contributed by atoms with Crippen LogP contribution in [0.25, 0.3) is 5.69 Å². The van der Waals surface area contributed by atoms with Crippen LogP contribution >= 0.6 is 34.7 Å². The Labute approximate surface area is 186 Å². The molecular formula is C21H16ClFN4OS2. The molecular weight excluding hydrogens is 443 g/mol. The van der Waals surface area contributed by atoms with E-state index in [1.807, 2.05) is 40.4 Å². The third kappa shape index (κ3) is 4.40. The number of anilines is 2. The molecule has 0 saturated carbocycles. The molecule has 5 nitrogen and oxygen atoms in total. The van der Waals surface area contributed by atoms with Crippen LogP contribution < -0.4 is 4.90 Å². The van der Waals surface area contributed by atoms with Crippen molar-refractivity contribution in [2.24, 2.45) is 0 Å². The number of imidazole rings is 1. The van der Waals surface area contributed by atoms with Gasteiger partial charge in [-0.15, -0.1) is 11.3 Å². The number of thioether (sulfide) groups is 1. The van der Waals surface area contributed by atoms with Crippen molar-refractivity contribution in [3.63, 3.8) is 0 Å². The Morgan fingerprint density at radius 3 is 2.73 bits per heavy atom. The van der Waals surface area contributed by atoms with E-state index < -0.39 is 5.82 Å². The fraction of sp³-hybridized carbons (Fsp3) is 0.0952. The van der Waals surface area contributed by atoms with E-state index in [0.717, 1.165) is 16.5 Å². The number of carbonyl (C=O) groups is 1. The number of para-hydroxylation sites is 1. The van der Waals surface area contributed by atoms with Crippen molar-refractivity contribution >= 4 is 51.4 Å². The SMILES string of the molecule is CC(=O)N(c1nc(CSc2nccn2-c2ccc(Cl)cc2)cs1)c1ccccc1F. The molecule has 2 heterocycles. The lowest BCUT2D eigenvalue weighted by atomic mass is 10.3. The standard InChI is InChI=1S/C21H16ClFN4OS2/c1-14(28)27(19-5-3-2-4-18(19)23)21-25-16(13-30-21)12-29-20-24-10-11-26(20)17-8-6-15(22)7-9-17/h2-11,13H,12H2,1H3. The zero-order valence-electron chi connectivity index (χ0n) is 15.8. The lowest BCUT2D eigenvalue weighted by Crippen LogP contribution is -2.23. The van der Waals surface area contributed by atoms with Gasteiger partial charge in [0.1, 0.15) is 5.82 Å². The largest absolute Gasteiger partial charge is 0.295 e. The van der Waals surface area contributed by atoms with E-state index in [1.165, 1.54) is 41.0 Å². The molecule has 0 radical (unpaired) electrons. The van der Waals surface area contributed by atoms with Crippen molar-refractivity contribution in [1.29, 1.82) is 0 Å². The summed E-state index contributed by atoms with van der Waals surface area (Å²) in [5.74, 6) is -0.208. The van der Waals surface area contributed by atoms with Crippen LogP contribution in [0.2, 0.25) is 5.02 Å². The van der Waals surface area contributed by atoms with Crippen LogP contribution in [0.5, 0.6) is 0 Å². The third-order valence-corrected chi connectivity index (χ3v) is 6.33. The fourth-order valence-corrected chi connectivity index (χ4v) is 4.82. The Morgan fingerprint density at radius 2 is 2.00 bits per heavy atom. The normalized spacial score (nSPS) is 10.9. The Morgan fingerprint density at radius 1 is 1.23 bits per heavy atom. The minimum absolute atomic E-state index is 0.192. The quantitative estimate of drug-likeness (QED) is 0.328. The minimum Gasteiger partial charge on any atom is -0.295 e. The maximum Gasteiger partial charge on any atom is 0.230 e. The number of thiazole rings is 1. The molecule has 0 saturated heterocycles. The third-order valence-electron chi connectivity index (χ3n) is 4.20. The summed E-state index contributed by atoms with van der Waals surface area (Å²) in [6.45, 7) is 1.39. The molecule has 2 aromatic heterocycles. The van der Waals surface area contributed by atoms with Crippen molar-refractivity contribution < 1.29 is 9.18 Å². The van der Waals surface area contributed by atoms with Crippen LogP contribution in [0.15, 0.2) is 71.5 Å². The highest BCUT2D eigenvalue weighted by atomic mass is 35.5.